The fourth-order valence-corrected chi connectivity index (χ4v) is 0.969. The minimum absolute atomic E-state index is 0.302. The number of hydrogen-bond donors (Lipinski definition) is 1. The van der Waals surface area contributed by atoms with Crippen molar-refractivity contribution in [1.82, 2.24) is 0 Å². The van der Waals surface area contributed by atoms with E-state index in [0.717, 1.165) is 11.0 Å². The zero-order chi connectivity index (χ0) is 14.4. The van der Waals surface area contributed by atoms with Gasteiger partial charge in [-0.3, -0.25) is 0 Å². The number of nitrogens with zero attached hydrogens (tertiary/aromatic N) is 1. The van der Waals surface area contributed by atoms with Gasteiger partial charge in [-0.15, -0.1) is 0 Å². The Balaban J connectivity index is 0. The van der Waals surface area contributed by atoms with Gasteiger partial charge in [0.2, 0.25) is 0 Å². The monoisotopic (exact) mass is 291 g/mol. The molecule has 0 radical (unpaired) electrons. The van der Waals surface area contributed by atoms with Crippen molar-refractivity contribution in [2.24, 2.45) is 0 Å². The van der Waals surface area contributed by atoms with Crippen molar-refractivity contribution in [2.45, 2.75) is 19.8 Å². The predicted molar refractivity (Wildman–Crippen MR) is 57.4 cm³/mol. The molecule has 2 nitrogen and oxygen atoms in total. The Morgan fingerprint density at radius 2 is 1.29 bits per heavy atom. The Bertz CT molecular complexity index is 212. The summed E-state index contributed by atoms with van der Waals surface area (Å²) in [5.74, 6) is 0. The standard InChI is InChI=1S/C8H20NO.F6P/c1-4-5-6-9(2,3)7-8-10;1-7(2,3,4,5)6/h10H,4-8H2,1-3H3;/q+1;-1. The molecule has 9 heteroatoms. The molecule has 0 aliphatic heterocycles. The van der Waals surface area contributed by atoms with Gasteiger partial charge in [0.15, 0.2) is 0 Å². The third kappa shape index (κ3) is 38.8. The van der Waals surface area contributed by atoms with E-state index in [1.165, 1.54) is 19.4 Å². The average Bonchev–Trinajstić information content (AvgIpc) is 1.94. The molecule has 0 aromatic rings. The summed E-state index contributed by atoms with van der Waals surface area (Å²) < 4.78 is 60.1. The molecule has 0 aromatic heterocycles. The molecule has 0 atom stereocenters. The molecule has 1 N–H and O–H groups in total. The zero-order valence-electron chi connectivity index (χ0n) is 10.1. The summed E-state index contributed by atoms with van der Waals surface area (Å²) in [4.78, 5) is 0. The van der Waals surface area contributed by atoms with Crippen LogP contribution in [0.5, 0.6) is 0 Å². The Morgan fingerprint density at radius 3 is 1.53 bits per heavy atom. The van der Waals surface area contributed by atoms with E-state index >= 15 is 0 Å². The van der Waals surface area contributed by atoms with Crippen LogP contribution in [0.4, 0.5) is 25.2 Å². The Labute approximate surface area is 97.0 Å². The fraction of sp³-hybridized carbons (Fsp3) is 1.00. The molecular formula is C8H20F6NOP. The van der Waals surface area contributed by atoms with Crippen molar-refractivity contribution in [3.05, 3.63) is 0 Å². The molecular weight excluding hydrogens is 271 g/mol. The van der Waals surface area contributed by atoms with Gasteiger partial charge in [0.05, 0.1) is 27.2 Å². The van der Waals surface area contributed by atoms with Crippen LogP contribution in [0.15, 0.2) is 0 Å². The molecule has 0 spiro atoms. The first-order valence-electron chi connectivity index (χ1n) is 5.06. The third-order valence-corrected chi connectivity index (χ3v) is 1.82. The predicted octanol–water partition coefficient (Wildman–Crippen LogP) is 4.24. The molecule has 0 bridgehead atoms. The molecule has 0 unspecified atom stereocenters. The second-order valence-electron chi connectivity index (χ2n) is 4.42. The molecule has 0 rings (SSSR count). The van der Waals surface area contributed by atoms with E-state index in [9.17, 15) is 25.2 Å². The molecule has 0 amide bonds. The third-order valence-electron chi connectivity index (χ3n) is 1.82. The van der Waals surface area contributed by atoms with Crippen LogP contribution in [0.2, 0.25) is 0 Å². The summed E-state index contributed by atoms with van der Waals surface area (Å²) in [5, 5.41) is 8.69. The minimum atomic E-state index is -10.7. The molecule has 0 saturated heterocycles. The Kier molecular flexibility index (Phi) is 5.99. The summed E-state index contributed by atoms with van der Waals surface area (Å²) in [5.41, 5.74) is 0. The second-order valence-corrected chi connectivity index (χ2v) is 6.34. The molecule has 0 aromatic carbocycles. The molecule has 110 valence electrons. The number of hydrogen-bond acceptors (Lipinski definition) is 1. The van der Waals surface area contributed by atoms with E-state index < -0.39 is 7.81 Å². The summed E-state index contributed by atoms with van der Waals surface area (Å²) in [6, 6.07) is 0. The van der Waals surface area contributed by atoms with E-state index in [4.69, 9.17) is 5.11 Å². The molecule has 0 aliphatic rings. The van der Waals surface area contributed by atoms with Gasteiger partial charge in [0, 0.05) is 0 Å². The number of unbranched alkanes of at least 4 members (excludes halogenated alkanes) is 1. The molecule has 0 saturated carbocycles. The van der Waals surface area contributed by atoms with Crippen LogP contribution in [-0.4, -0.2) is 43.4 Å². The van der Waals surface area contributed by atoms with Gasteiger partial charge < -0.3 is 9.59 Å². The van der Waals surface area contributed by atoms with Crippen LogP contribution in [0.1, 0.15) is 19.8 Å². The van der Waals surface area contributed by atoms with Crippen molar-refractivity contribution >= 4 is 7.81 Å². The number of rotatable bonds is 5. The zero-order valence-corrected chi connectivity index (χ0v) is 11.0. The van der Waals surface area contributed by atoms with Gasteiger partial charge in [-0.05, 0) is 6.42 Å². The average molecular weight is 291 g/mol. The molecule has 0 heterocycles. The van der Waals surface area contributed by atoms with E-state index in [0.29, 0.717) is 6.61 Å². The maximum absolute atomic E-state index is 10.7. The Morgan fingerprint density at radius 1 is 0.941 bits per heavy atom. The first kappa shape index (κ1) is 19.3. The van der Waals surface area contributed by atoms with E-state index in [2.05, 4.69) is 21.0 Å². The molecule has 17 heavy (non-hydrogen) atoms. The van der Waals surface area contributed by atoms with Gasteiger partial charge in [-0.25, -0.2) is 0 Å². The van der Waals surface area contributed by atoms with Crippen molar-refractivity contribution < 1.29 is 34.8 Å². The molecule has 0 fully saturated rings. The maximum atomic E-state index is 9.87. The van der Waals surface area contributed by atoms with Crippen LogP contribution >= 0.6 is 7.81 Å². The number of quaternary nitrogens is 1. The Hall–Kier alpha value is -0.0700. The van der Waals surface area contributed by atoms with Gasteiger partial charge in [-0.2, -0.15) is 0 Å². The normalized spacial score (nSPS) is 16.6. The second kappa shape index (κ2) is 5.28. The topological polar surface area (TPSA) is 20.2 Å². The van der Waals surface area contributed by atoms with Gasteiger partial charge in [0.25, 0.3) is 0 Å². The van der Waals surface area contributed by atoms with Gasteiger partial charge in [-0.1, -0.05) is 13.3 Å². The van der Waals surface area contributed by atoms with Crippen LogP contribution in [0.3, 0.4) is 0 Å². The SMILES string of the molecule is CCCC[N+](C)(C)CCO.F[P-](F)(F)(F)(F)F. The van der Waals surface area contributed by atoms with E-state index in [1.807, 2.05) is 0 Å². The first-order valence-corrected chi connectivity index (χ1v) is 7.09. The summed E-state index contributed by atoms with van der Waals surface area (Å²) in [6.45, 7) is 4.55. The van der Waals surface area contributed by atoms with Crippen LogP contribution in [0, 0.1) is 0 Å². The number of aliphatic hydroxyl groups excluding tert-OH is 1. The van der Waals surface area contributed by atoms with Gasteiger partial charge in [0.1, 0.15) is 6.54 Å². The summed E-state index contributed by atoms with van der Waals surface area (Å²) >= 11 is 0. The molecule has 0 aliphatic carbocycles. The van der Waals surface area contributed by atoms with Crippen molar-refractivity contribution in [3.63, 3.8) is 0 Å². The van der Waals surface area contributed by atoms with Crippen LogP contribution in [-0.2, 0) is 0 Å². The van der Waals surface area contributed by atoms with Crippen LogP contribution in [0.25, 0.3) is 0 Å². The number of halogens is 6. The summed E-state index contributed by atoms with van der Waals surface area (Å²) in [6.07, 6.45) is 2.50. The quantitative estimate of drug-likeness (QED) is 0.456. The van der Waals surface area contributed by atoms with E-state index in [1.54, 1.807) is 0 Å². The number of likely N-dealkylation sites (N-methyl/N-ethyl adjacent to an activating group) is 1. The van der Waals surface area contributed by atoms with Crippen LogP contribution < -0.4 is 0 Å². The van der Waals surface area contributed by atoms with E-state index in [-0.39, 0.29) is 0 Å². The van der Waals surface area contributed by atoms with Crippen molar-refractivity contribution in [1.29, 1.82) is 0 Å². The van der Waals surface area contributed by atoms with Crippen molar-refractivity contribution in [2.75, 3.05) is 33.8 Å². The fourth-order valence-electron chi connectivity index (χ4n) is 0.969. The number of aliphatic hydroxyl groups is 1. The first-order chi connectivity index (χ1) is 7.07. The summed E-state index contributed by atoms with van der Waals surface area (Å²) in [7, 11) is -6.34. The van der Waals surface area contributed by atoms with Crippen molar-refractivity contribution in [3.8, 4) is 0 Å². The van der Waals surface area contributed by atoms with Gasteiger partial charge >= 0.3 is 33.0 Å².